The molecule has 0 atom stereocenters. The summed E-state index contributed by atoms with van der Waals surface area (Å²) in [6, 6.07) is 8.05. The molecule has 1 aromatic carbocycles. The van der Waals surface area contributed by atoms with Crippen LogP contribution in [0.25, 0.3) is 0 Å². The Kier molecular flexibility index (Phi) is 6.69. The van der Waals surface area contributed by atoms with E-state index in [1.165, 1.54) is 0 Å². The van der Waals surface area contributed by atoms with E-state index < -0.39 is 0 Å². The molecule has 0 unspecified atom stereocenters. The number of unbranched alkanes of at least 4 members (excludes halogenated alkanes) is 1. The average molecular weight is 280 g/mol. The van der Waals surface area contributed by atoms with Crippen LogP contribution in [0.5, 0.6) is 0 Å². The first-order valence-corrected chi connectivity index (χ1v) is 7.06. The molecular formula is C15H22ClN3. The third kappa shape index (κ3) is 5.50. The second-order valence-electron chi connectivity index (χ2n) is 5.01. The number of nitrogens with zero attached hydrogens (tertiary/aromatic N) is 2. The molecule has 4 heteroatoms. The van der Waals surface area contributed by atoms with Gasteiger partial charge in [0.15, 0.2) is 0 Å². The molecule has 19 heavy (non-hydrogen) atoms. The molecule has 0 saturated heterocycles. The molecule has 1 aromatic rings. The fourth-order valence-corrected chi connectivity index (χ4v) is 1.90. The fourth-order valence-electron chi connectivity index (χ4n) is 1.73. The Bertz CT molecular complexity index is 438. The van der Waals surface area contributed by atoms with Gasteiger partial charge in [0.25, 0.3) is 0 Å². The minimum Gasteiger partial charge on any atom is -0.384 e. The van der Waals surface area contributed by atoms with E-state index in [-0.39, 0.29) is 0 Å². The predicted octanol–water partition coefficient (Wildman–Crippen LogP) is 3.74. The van der Waals surface area contributed by atoms with E-state index in [4.69, 9.17) is 16.9 Å². The van der Waals surface area contributed by atoms with Gasteiger partial charge in [-0.25, -0.2) is 0 Å². The van der Waals surface area contributed by atoms with E-state index in [2.05, 4.69) is 37.2 Å². The summed E-state index contributed by atoms with van der Waals surface area (Å²) in [5.74, 6) is 0. The molecular weight excluding hydrogens is 258 g/mol. The standard InChI is InChI=1S/C15H22ClN3/c1-12(2)19(3)9-5-4-8-18-15-10-14(16)7-6-13(15)11-17/h6-7,10,12,18H,4-5,8-9H2,1-3H3. The van der Waals surface area contributed by atoms with Crippen LogP contribution in [0.3, 0.4) is 0 Å². The molecule has 0 aliphatic carbocycles. The quantitative estimate of drug-likeness (QED) is 0.773. The maximum absolute atomic E-state index is 9.01. The first-order chi connectivity index (χ1) is 9.04. The van der Waals surface area contributed by atoms with Crippen molar-refractivity contribution in [3.8, 4) is 6.07 Å². The molecule has 0 fully saturated rings. The molecule has 0 radical (unpaired) electrons. The van der Waals surface area contributed by atoms with Gasteiger partial charge < -0.3 is 10.2 Å². The topological polar surface area (TPSA) is 39.1 Å². The number of anilines is 1. The first kappa shape index (κ1) is 15.8. The van der Waals surface area contributed by atoms with E-state index >= 15 is 0 Å². The van der Waals surface area contributed by atoms with Gasteiger partial charge in [0, 0.05) is 17.6 Å². The first-order valence-electron chi connectivity index (χ1n) is 6.68. The zero-order valence-electron chi connectivity index (χ0n) is 11.9. The van der Waals surface area contributed by atoms with Gasteiger partial charge in [-0.3, -0.25) is 0 Å². The number of hydrogen-bond acceptors (Lipinski definition) is 3. The van der Waals surface area contributed by atoms with E-state index in [0.29, 0.717) is 16.6 Å². The van der Waals surface area contributed by atoms with Crippen molar-refractivity contribution in [3.63, 3.8) is 0 Å². The number of rotatable bonds is 7. The second kappa shape index (κ2) is 8.04. The van der Waals surface area contributed by atoms with Crippen molar-refractivity contribution in [1.29, 1.82) is 5.26 Å². The normalized spacial score (nSPS) is 10.8. The highest BCUT2D eigenvalue weighted by atomic mass is 35.5. The maximum Gasteiger partial charge on any atom is 0.101 e. The predicted molar refractivity (Wildman–Crippen MR) is 81.7 cm³/mol. The Hall–Kier alpha value is -1.24. The summed E-state index contributed by atoms with van der Waals surface area (Å²) in [6.45, 7) is 6.35. The Balaban J connectivity index is 2.34. The highest BCUT2D eigenvalue weighted by Crippen LogP contribution is 2.20. The van der Waals surface area contributed by atoms with Crippen molar-refractivity contribution in [1.82, 2.24) is 4.90 Å². The Morgan fingerprint density at radius 1 is 1.37 bits per heavy atom. The van der Waals surface area contributed by atoms with Crippen LogP contribution in [0.2, 0.25) is 5.02 Å². The Morgan fingerprint density at radius 2 is 2.11 bits per heavy atom. The summed E-state index contributed by atoms with van der Waals surface area (Å²) in [6.07, 6.45) is 2.22. The molecule has 0 aliphatic rings. The molecule has 0 spiro atoms. The second-order valence-corrected chi connectivity index (χ2v) is 5.45. The molecule has 0 saturated carbocycles. The molecule has 0 heterocycles. The van der Waals surface area contributed by atoms with Gasteiger partial charge in [0.05, 0.1) is 11.3 Å². The molecule has 0 amide bonds. The smallest absolute Gasteiger partial charge is 0.101 e. The van der Waals surface area contributed by atoms with Crippen molar-refractivity contribution in [2.75, 3.05) is 25.5 Å². The molecule has 3 nitrogen and oxygen atoms in total. The summed E-state index contributed by atoms with van der Waals surface area (Å²) in [5, 5.41) is 12.9. The highest BCUT2D eigenvalue weighted by molar-refractivity contribution is 6.30. The molecule has 1 rings (SSSR count). The molecule has 0 aromatic heterocycles. The van der Waals surface area contributed by atoms with Crippen LogP contribution in [-0.2, 0) is 0 Å². The average Bonchev–Trinajstić information content (AvgIpc) is 2.38. The molecule has 0 aliphatic heterocycles. The lowest BCUT2D eigenvalue weighted by atomic mass is 10.2. The summed E-state index contributed by atoms with van der Waals surface area (Å²) < 4.78 is 0. The summed E-state index contributed by atoms with van der Waals surface area (Å²) in [4.78, 5) is 2.33. The van der Waals surface area contributed by atoms with Gasteiger partial charge in [0.1, 0.15) is 6.07 Å². The van der Waals surface area contributed by atoms with Gasteiger partial charge in [-0.2, -0.15) is 5.26 Å². The Morgan fingerprint density at radius 3 is 2.74 bits per heavy atom. The lowest BCUT2D eigenvalue weighted by molar-refractivity contribution is 0.269. The largest absolute Gasteiger partial charge is 0.384 e. The van der Waals surface area contributed by atoms with Gasteiger partial charge in [-0.05, 0) is 58.5 Å². The van der Waals surface area contributed by atoms with Gasteiger partial charge >= 0.3 is 0 Å². The molecule has 0 bridgehead atoms. The van der Waals surface area contributed by atoms with Gasteiger partial charge in [-0.1, -0.05) is 11.6 Å². The molecule has 104 valence electrons. The zero-order chi connectivity index (χ0) is 14.3. The monoisotopic (exact) mass is 279 g/mol. The van der Waals surface area contributed by atoms with Crippen LogP contribution >= 0.6 is 11.6 Å². The minimum absolute atomic E-state index is 0.589. The van der Waals surface area contributed by atoms with E-state index in [0.717, 1.165) is 31.6 Å². The lowest BCUT2D eigenvalue weighted by Gasteiger charge is -2.20. The number of halogens is 1. The van der Waals surface area contributed by atoms with Gasteiger partial charge in [-0.15, -0.1) is 0 Å². The van der Waals surface area contributed by atoms with Crippen molar-refractivity contribution in [3.05, 3.63) is 28.8 Å². The van der Waals surface area contributed by atoms with E-state index in [9.17, 15) is 0 Å². The van der Waals surface area contributed by atoms with Crippen molar-refractivity contribution < 1.29 is 0 Å². The minimum atomic E-state index is 0.589. The summed E-state index contributed by atoms with van der Waals surface area (Å²) in [5.41, 5.74) is 1.47. The number of nitriles is 1. The molecule has 1 N–H and O–H groups in total. The van der Waals surface area contributed by atoms with Crippen molar-refractivity contribution in [2.24, 2.45) is 0 Å². The third-order valence-electron chi connectivity index (χ3n) is 3.24. The summed E-state index contributed by atoms with van der Waals surface area (Å²) >= 11 is 5.93. The SMILES string of the molecule is CC(C)N(C)CCCCNc1cc(Cl)ccc1C#N. The lowest BCUT2D eigenvalue weighted by Crippen LogP contribution is -2.27. The van der Waals surface area contributed by atoms with Crippen LogP contribution < -0.4 is 5.32 Å². The van der Waals surface area contributed by atoms with E-state index in [1.54, 1.807) is 18.2 Å². The van der Waals surface area contributed by atoms with Crippen LogP contribution in [-0.4, -0.2) is 31.1 Å². The number of benzene rings is 1. The number of nitrogens with one attached hydrogen (secondary N) is 1. The third-order valence-corrected chi connectivity index (χ3v) is 3.47. The Labute approximate surface area is 121 Å². The zero-order valence-corrected chi connectivity index (χ0v) is 12.7. The fraction of sp³-hybridized carbons (Fsp3) is 0.533. The van der Waals surface area contributed by atoms with E-state index in [1.807, 2.05) is 0 Å². The highest BCUT2D eigenvalue weighted by Gasteiger charge is 2.04. The van der Waals surface area contributed by atoms with Crippen LogP contribution in [0.1, 0.15) is 32.3 Å². The number of hydrogen-bond donors (Lipinski definition) is 1. The van der Waals surface area contributed by atoms with Crippen LogP contribution in [0.4, 0.5) is 5.69 Å². The van der Waals surface area contributed by atoms with Gasteiger partial charge in [0.2, 0.25) is 0 Å². The van der Waals surface area contributed by atoms with Crippen molar-refractivity contribution >= 4 is 17.3 Å². The summed E-state index contributed by atoms with van der Waals surface area (Å²) in [7, 11) is 2.14. The van der Waals surface area contributed by atoms with Crippen LogP contribution in [0.15, 0.2) is 18.2 Å². The van der Waals surface area contributed by atoms with Crippen LogP contribution in [0, 0.1) is 11.3 Å². The van der Waals surface area contributed by atoms with Crippen molar-refractivity contribution in [2.45, 2.75) is 32.7 Å². The maximum atomic E-state index is 9.01.